The van der Waals surface area contributed by atoms with Gasteiger partial charge in [0.05, 0.1) is 5.54 Å². The fourth-order valence-electron chi connectivity index (χ4n) is 2.65. The molecule has 0 bridgehead atoms. The third kappa shape index (κ3) is 1.54. The molecule has 2 rings (SSSR count). The zero-order chi connectivity index (χ0) is 12.1. The molecule has 1 aromatic carbocycles. The maximum atomic E-state index is 6.24. The van der Waals surface area contributed by atoms with Crippen molar-refractivity contribution in [2.45, 2.75) is 33.2 Å². The molecule has 0 spiro atoms. The second-order valence-electron chi connectivity index (χ2n) is 5.27. The molecule has 2 N–H and O–H groups in total. The first-order chi connectivity index (χ1) is 7.32. The van der Waals surface area contributed by atoms with Gasteiger partial charge in [0.15, 0.2) is 0 Å². The highest BCUT2D eigenvalue weighted by atomic mass is 15.0. The molecule has 0 amide bonds. The molecule has 2 nitrogen and oxygen atoms in total. The van der Waals surface area contributed by atoms with Crippen molar-refractivity contribution in [1.29, 1.82) is 0 Å². The van der Waals surface area contributed by atoms with Gasteiger partial charge in [0.25, 0.3) is 0 Å². The molecule has 0 aliphatic heterocycles. The Hall–Kier alpha value is -1.28. The normalized spacial score (nSPS) is 12.4. The van der Waals surface area contributed by atoms with E-state index in [2.05, 4.69) is 57.5 Å². The average Bonchev–Trinajstić information content (AvgIpc) is 2.38. The minimum absolute atomic E-state index is 0.300. The molecule has 1 aromatic heterocycles. The van der Waals surface area contributed by atoms with Gasteiger partial charge in [-0.2, -0.15) is 0 Å². The van der Waals surface area contributed by atoms with Crippen LogP contribution in [0.5, 0.6) is 0 Å². The monoisotopic (exact) mass is 216 g/mol. The number of aryl methyl sites for hydroxylation is 3. The summed E-state index contributed by atoms with van der Waals surface area (Å²) in [5.41, 5.74) is 11.0. The molecule has 16 heavy (non-hydrogen) atoms. The molecule has 2 heteroatoms. The lowest BCUT2D eigenvalue weighted by Crippen LogP contribution is -2.31. The number of hydrogen-bond donors (Lipinski definition) is 1. The van der Waals surface area contributed by atoms with Gasteiger partial charge in [-0.3, -0.25) is 0 Å². The van der Waals surface area contributed by atoms with Crippen LogP contribution in [-0.4, -0.2) is 4.57 Å². The molecule has 0 atom stereocenters. The molecule has 0 saturated carbocycles. The predicted molar refractivity (Wildman–Crippen MR) is 69.6 cm³/mol. The van der Waals surface area contributed by atoms with E-state index in [0.717, 1.165) is 0 Å². The summed E-state index contributed by atoms with van der Waals surface area (Å²) in [7, 11) is 2.10. The van der Waals surface area contributed by atoms with E-state index >= 15 is 0 Å². The Balaban J connectivity index is 2.87. The highest BCUT2D eigenvalue weighted by Crippen LogP contribution is 2.30. The fraction of sp³-hybridized carbons (Fsp3) is 0.429. The highest BCUT2D eigenvalue weighted by Gasteiger charge is 2.23. The lowest BCUT2D eigenvalue weighted by atomic mass is 9.98. The van der Waals surface area contributed by atoms with Crippen LogP contribution in [0, 0.1) is 13.8 Å². The van der Waals surface area contributed by atoms with Gasteiger partial charge in [-0.25, -0.2) is 0 Å². The van der Waals surface area contributed by atoms with Crippen molar-refractivity contribution in [3.05, 3.63) is 35.0 Å². The molecule has 86 valence electrons. The SMILES string of the molecule is Cc1ccc2c(C)c(C(C)(C)N)n(C)c2c1. The van der Waals surface area contributed by atoms with Gasteiger partial charge in [-0.15, -0.1) is 0 Å². The summed E-state index contributed by atoms with van der Waals surface area (Å²) in [6.07, 6.45) is 0. The van der Waals surface area contributed by atoms with Crippen LogP contribution in [0.15, 0.2) is 18.2 Å². The van der Waals surface area contributed by atoms with Crippen LogP contribution in [0.4, 0.5) is 0 Å². The first-order valence-corrected chi connectivity index (χ1v) is 5.67. The fourth-order valence-corrected chi connectivity index (χ4v) is 2.65. The maximum Gasteiger partial charge on any atom is 0.0509 e. The van der Waals surface area contributed by atoms with Gasteiger partial charge in [-0.1, -0.05) is 12.1 Å². The summed E-state index contributed by atoms with van der Waals surface area (Å²) in [5.74, 6) is 0. The van der Waals surface area contributed by atoms with Crippen LogP contribution in [0.1, 0.15) is 30.7 Å². The van der Waals surface area contributed by atoms with Crippen LogP contribution in [-0.2, 0) is 12.6 Å². The van der Waals surface area contributed by atoms with E-state index in [0.29, 0.717) is 0 Å². The van der Waals surface area contributed by atoms with Crippen molar-refractivity contribution >= 4 is 10.9 Å². The van der Waals surface area contributed by atoms with Crippen LogP contribution >= 0.6 is 0 Å². The first-order valence-electron chi connectivity index (χ1n) is 5.67. The number of aromatic nitrogens is 1. The Bertz CT molecular complexity index is 542. The van der Waals surface area contributed by atoms with E-state index in [1.807, 2.05) is 0 Å². The van der Waals surface area contributed by atoms with E-state index in [1.54, 1.807) is 0 Å². The standard InChI is InChI=1S/C14H20N2/c1-9-6-7-11-10(2)13(14(3,4)15)16(5)12(11)8-9/h6-8H,15H2,1-5H3. The summed E-state index contributed by atoms with van der Waals surface area (Å²) in [4.78, 5) is 0. The summed E-state index contributed by atoms with van der Waals surface area (Å²) >= 11 is 0. The van der Waals surface area contributed by atoms with E-state index in [1.165, 1.54) is 27.7 Å². The van der Waals surface area contributed by atoms with Crippen LogP contribution in [0.25, 0.3) is 10.9 Å². The minimum atomic E-state index is -0.300. The van der Waals surface area contributed by atoms with E-state index in [4.69, 9.17) is 5.73 Å². The van der Waals surface area contributed by atoms with Gasteiger partial charge in [0, 0.05) is 23.6 Å². The van der Waals surface area contributed by atoms with E-state index < -0.39 is 0 Å². The molecule has 0 saturated heterocycles. The number of hydrogen-bond acceptors (Lipinski definition) is 1. The Morgan fingerprint density at radius 2 is 1.81 bits per heavy atom. The number of rotatable bonds is 1. The largest absolute Gasteiger partial charge is 0.346 e. The Labute approximate surface area is 97.1 Å². The van der Waals surface area contributed by atoms with Crippen LogP contribution in [0.3, 0.4) is 0 Å². The topological polar surface area (TPSA) is 30.9 Å². The quantitative estimate of drug-likeness (QED) is 0.780. The average molecular weight is 216 g/mol. The highest BCUT2D eigenvalue weighted by molar-refractivity contribution is 5.86. The van der Waals surface area contributed by atoms with Crippen LogP contribution in [0.2, 0.25) is 0 Å². The van der Waals surface area contributed by atoms with Crippen molar-refractivity contribution in [1.82, 2.24) is 4.57 Å². The van der Waals surface area contributed by atoms with Crippen molar-refractivity contribution < 1.29 is 0 Å². The van der Waals surface area contributed by atoms with E-state index in [9.17, 15) is 0 Å². The van der Waals surface area contributed by atoms with Crippen molar-refractivity contribution in [3.8, 4) is 0 Å². The Kier molecular flexibility index (Phi) is 2.35. The lowest BCUT2D eigenvalue weighted by molar-refractivity contribution is 0.513. The zero-order valence-electron chi connectivity index (χ0n) is 10.8. The molecule has 2 aromatic rings. The van der Waals surface area contributed by atoms with E-state index in [-0.39, 0.29) is 5.54 Å². The smallest absolute Gasteiger partial charge is 0.0509 e. The summed E-state index contributed by atoms with van der Waals surface area (Å²) in [6.45, 7) is 8.39. The first kappa shape index (κ1) is 11.2. The number of nitrogens with two attached hydrogens (primary N) is 1. The minimum Gasteiger partial charge on any atom is -0.346 e. The number of benzene rings is 1. The Morgan fingerprint density at radius 3 is 2.38 bits per heavy atom. The molecule has 0 aliphatic rings. The van der Waals surface area contributed by atoms with Crippen molar-refractivity contribution in [2.75, 3.05) is 0 Å². The van der Waals surface area contributed by atoms with Gasteiger partial charge in [0.1, 0.15) is 0 Å². The van der Waals surface area contributed by atoms with Crippen LogP contribution < -0.4 is 5.73 Å². The van der Waals surface area contributed by atoms with Gasteiger partial charge < -0.3 is 10.3 Å². The summed E-state index contributed by atoms with van der Waals surface area (Å²) in [5, 5.41) is 1.31. The molecule has 0 radical (unpaired) electrons. The number of fused-ring (bicyclic) bond motifs is 1. The number of nitrogens with zero attached hydrogens (tertiary/aromatic N) is 1. The Morgan fingerprint density at radius 1 is 1.19 bits per heavy atom. The van der Waals surface area contributed by atoms with Gasteiger partial charge in [-0.05, 0) is 44.9 Å². The molecular weight excluding hydrogens is 196 g/mol. The molecule has 0 aliphatic carbocycles. The second kappa shape index (κ2) is 3.36. The molecule has 0 unspecified atom stereocenters. The molecule has 1 heterocycles. The predicted octanol–water partition coefficient (Wildman–Crippen LogP) is 2.99. The van der Waals surface area contributed by atoms with Crippen molar-refractivity contribution in [3.63, 3.8) is 0 Å². The third-order valence-electron chi connectivity index (χ3n) is 3.22. The maximum absolute atomic E-state index is 6.24. The third-order valence-corrected chi connectivity index (χ3v) is 3.22. The lowest BCUT2D eigenvalue weighted by Gasteiger charge is -2.21. The second-order valence-corrected chi connectivity index (χ2v) is 5.27. The zero-order valence-corrected chi connectivity index (χ0v) is 10.8. The van der Waals surface area contributed by atoms with Gasteiger partial charge >= 0.3 is 0 Å². The van der Waals surface area contributed by atoms with Crippen molar-refractivity contribution in [2.24, 2.45) is 12.8 Å². The summed E-state index contributed by atoms with van der Waals surface area (Å²) in [6, 6.07) is 6.56. The molecule has 0 fully saturated rings. The summed E-state index contributed by atoms with van der Waals surface area (Å²) < 4.78 is 2.22. The molecular formula is C14H20N2. The van der Waals surface area contributed by atoms with Gasteiger partial charge in [0.2, 0.25) is 0 Å².